The predicted octanol–water partition coefficient (Wildman–Crippen LogP) is 4.99. The number of carbonyl (C=O) groups excluding carboxylic acids is 1. The summed E-state index contributed by atoms with van der Waals surface area (Å²) >= 11 is 0. The van der Waals surface area contributed by atoms with E-state index >= 15 is 0 Å². The van der Waals surface area contributed by atoms with Crippen molar-refractivity contribution in [3.63, 3.8) is 0 Å². The highest BCUT2D eigenvalue weighted by atomic mass is 16.4. The van der Waals surface area contributed by atoms with Crippen LogP contribution in [0.1, 0.15) is 54.4 Å². The summed E-state index contributed by atoms with van der Waals surface area (Å²) in [7, 11) is 0. The molecule has 3 N–H and O–H groups in total. The van der Waals surface area contributed by atoms with Gasteiger partial charge in [-0.1, -0.05) is 84.9 Å². The van der Waals surface area contributed by atoms with Gasteiger partial charge in [-0.25, -0.2) is 0 Å². The molecular formula is C31H36N2O3. The molecule has 1 saturated heterocycles. The monoisotopic (exact) mass is 484 g/mol. The Balaban J connectivity index is 1.39. The Morgan fingerprint density at radius 2 is 1.53 bits per heavy atom. The summed E-state index contributed by atoms with van der Waals surface area (Å²) in [5.41, 5.74) is 9.37. The van der Waals surface area contributed by atoms with Gasteiger partial charge in [0.1, 0.15) is 5.41 Å². The normalized spacial score (nSPS) is 17.1. The number of carbonyl (C=O) groups is 2. The Labute approximate surface area is 214 Å². The zero-order valence-corrected chi connectivity index (χ0v) is 21.0. The maximum atomic E-state index is 13.2. The van der Waals surface area contributed by atoms with Crippen molar-refractivity contribution in [2.75, 3.05) is 19.6 Å². The summed E-state index contributed by atoms with van der Waals surface area (Å²) in [5, 5.41) is 9.18. The third kappa shape index (κ3) is 5.36. The van der Waals surface area contributed by atoms with Crippen LogP contribution in [0.3, 0.4) is 0 Å². The summed E-state index contributed by atoms with van der Waals surface area (Å²) in [6, 6.07) is 27.9. The SMILES string of the molecule is CC(C(=O)O)c1ccc(CCCCN2CC[C@@H](C(C(N)=O)(c3ccccc3)c3ccccc3)C2)cc1. The minimum atomic E-state index is -0.841. The largest absolute Gasteiger partial charge is 0.481 e. The van der Waals surface area contributed by atoms with E-state index in [4.69, 9.17) is 5.73 Å². The molecule has 1 fully saturated rings. The predicted molar refractivity (Wildman–Crippen MR) is 143 cm³/mol. The molecule has 1 amide bonds. The van der Waals surface area contributed by atoms with E-state index in [1.54, 1.807) is 6.92 Å². The van der Waals surface area contributed by atoms with Crippen molar-refractivity contribution in [2.45, 2.75) is 43.9 Å². The molecule has 36 heavy (non-hydrogen) atoms. The Morgan fingerprint density at radius 1 is 0.944 bits per heavy atom. The van der Waals surface area contributed by atoms with Gasteiger partial charge in [0.25, 0.3) is 0 Å². The van der Waals surface area contributed by atoms with Gasteiger partial charge in [-0.05, 0) is 73.9 Å². The van der Waals surface area contributed by atoms with E-state index in [1.807, 2.05) is 84.9 Å². The Kier molecular flexibility index (Phi) is 8.21. The van der Waals surface area contributed by atoms with Gasteiger partial charge >= 0.3 is 5.97 Å². The molecule has 3 aromatic carbocycles. The maximum absolute atomic E-state index is 13.2. The summed E-state index contributed by atoms with van der Waals surface area (Å²) in [6.07, 6.45) is 4.03. The molecule has 1 unspecified atom stereocenters. The van der Waals surface area contributed by atoms with Crippen LogP contribution < -0.4 is 5.73 Å². The average molecular weight is 485 g/mol. The van der Waals surface area contributed by atoms with Crippen LogP contribution in [0, 0.1) is 5.92 Å². The van der Waals surface area contributed by atoms with Gasteiger partial charge in [-0.15, -0.1) is 0 Å². The number of unbranched alkanes of at least 4 members (excludes halogenated alkanes) is 1. The van der Waals surface area contributed by atoms with E-state index in [9.17, 15) is 14.7 Å². The molecule has 0 aliphatic carbocycles. The molecule has 0 aromatic heterocycles. The number of amides is 1. The second kappa shape index (κ2) is 11.5. The maximum Gasteiger partial charge on any atom is 0.310 e. The zero-order chi connectivity index (χ0) is 25.5. The van der Waals surface area contributed by atoms with E-state index in [0.29, 0.717) is 0 Å². The van der Waals surface area contributed by atoms with Gasteiger partial charge in [0.15, 0.2) is 0 Å². The van der Waals surface area contributed by atoms with E-state index in [1.165, 1.54) is 5.56 Å². The minimum Gasteiger partial charge on any atom is -0.481 e. The number of carboxylic acids is 1. The lowest BCUT2D eigenvalue weighted by atomic mass is 9.64. The van der Waals surface area contributed by atoms with E-state index in [-0.39, 0.29) is 11.8 Å². The van der Waals surface area contributed by atoms with E-state index < -0.39 is 17.3 Å². The molecular weight excluding hydrogens is 448 g/mol. The standard InChI is InChI=1S/C31H36N2O3/c1-23(29(34)35)25-17-15-24(16-18-25)10-8-9-20-33-21-19-28(22-33)31(30(32)36,26-11-4-2-5-12-26)27-13-6-3-7-14-27/h2-7,11-18,23,28H,8-10,19-22H2,1H3,(H2,32,36)(H,34,35)/t23?,28-/m1/s1. The highest BCUT2D eigenvalue weighted by Crippen LogP contribution is 2.43. The number of aryl methyl sites for hydroxylation is 1. The molecule has 1 aliphatic heterocycles. The number of hydrogen-bond acceptors (Lipinski definition) is 3. The highest BCUT2D eigenvalue weighted by Gasteiger charge is 2.49. The summed E-state index contributed by atoms with van der Waals surface area (Å²) in [4.78, 5) is 26.8. The Hall–Kier alpha value is -3.44. The number of rotatable bonds is 11. The molecule has 2 atom stereocenters. The van der Waals surface area contributed by atoms with Crippen molar-refractivity contribution < 1.29 is 14.7 Å². The van der Waals surface area contributed by atoms with Crippen molar-refractivity contribution in [2.24, 2.45) is 11.7 Å². The fraction of sp³-hybridized carbons (Fsp3) is 0.355. The van der Waals surface area contributed by atoms with Gasteiger partial charge in [0.05, 0.1) is 5.92 Å². The van der Waals surface area contributed by atoms with Crippen LogP contribution in [-0.2, 0) is 21.4 Å². The fourth-order valence-electron chi connectivity index (χ4n) is 5.70. The second-order valence-corrected chi connectivity index (χ2v) is 9.95. The topological polar surface area (TPSA) is 83.6 Å². The van der Waals surface area contributed by atoms with Gasteiger partial charge in [-0.2, -0.15) is 0 Å². The quantitative estimate of drug-likeness (QED) is 0.376. The van der Waals surface area contributed by atoms with E-state index in [2.05, 4.69) is 4.90 Å². The Bertz CT molecular complexity index is 1110. The van der Waals surface area contributed by atoms with Gasteiger partial charge < -0.3 is 15.7 Å². The molecule has 5 heteroatoms. The van der Waals surface area contributed by atoms with Crippen LogP contribution in [-0.4, -0.2) is 41.5 Å². The lowest BCUT2D eigenvalue weighted by molar-refractivity contribution is -0.138. The summed E-state index contributed by atoms with van der Waals surface area (Å²) < 4.78 is 0. The molecule has 0 spiro atoms. The molecule has 0 saturated carbocycles. The summed E-state index contributed by atoms with van der Waals surface area (Å²) in [5.74, 6) is -1.45. The molecule has 0 bridgehead atoms. The fourth-order valence-corrected chi connectivity index (χ4v) is 5.70. The minimum absolute atomic E-state index is 0.114. The van der Waals surface area contributed by atoms with Crippen molar-refractivity contribution in [3.05, 3.63) is 107 Å². The van der Waals surface area contributed by atoms with Crippen molar-refractivity contribution >= 4 is 11.9 Å². The molecule has 5 nitrogen and oxygen atoms in total. The number of benzene rings is 3. The van der Waals surface area contributed by atoms with E-state index in [0.717, 1.165) is 62.0 Å². The smallest absolute Gasteiger partial charge is 0.310 e. The number of likely N-dealkylation sites (tertiary alicyclic amines) is 1. The molecule has 4 rings (SSSR count). The van der Waals surface area contributed by atoms with Gasteiger partial charge in [0, 0.05) is 6.54 Å². The van der Waals surface area contributed by atoms with Crippen LogP contribution in [0.5, 0.6) is 0 Å². The van der Waals surface area contributed by atoms with Crippen molar-refractivity contribution in [3.8, 4) is 0 Å². The molecule has 3 aromatic rings. The van der Waals surface area contributed by atoms with Gasteiger partial charge in [0.2, 0.25) is 5.91 Å². The first-order chi connectivity index (χ1) is 17.4. The Morgan fingerprint density at radius 3 is 2.06 bits per heavy atom. The first-order valence-corrected chi connectivity index (χ1v) is 12.9. The molecule has 188 valence electrons. The zero-order valence-electron chi connectivity index (χ0n) is 21.0. The highest BCUT2D eigenvalue weighted by molar-refractivity contribution is 5.91. The first-order valence-electron chi connectivity index (χ1n) is 12.9. The number of primary amides is 1. The number of carboxylic acid groups (broad SMARTS) is 1. The third-order valence-electron chi connectivity index (χ3n) is 7.77. The number of hydrogen-bond donors (Lipinski definition) is 2. The number of nitrogens with zero attached hydrogens (tertiary/aromatic N) is 1. The van der Waals surface area contributed by atoms with Crippen LogP contribution >= 0.6 is 0 Å². The van der Waals surface area contributed by atoms with Crippen molar-refractivity contribution in [1.29, 1.82) is 0 Å². The molecule has 0 radical (unpaired) electrons. The lowest BCUT2D eigenvalue weighted by Crippen LogP contribution is -2.49. The molecule has 1 heterocycles. The van der Waals surface area contributed by atoms with Crippen LogP contribution in [0.15, 0.2) is 84.9 Å². The van der Waals surface area contributed by atoms with Crippen molar-refractivity contribution in [1.82, 2.24) is 4.90 Å². The number of aliphatic carboxylic acids is 1. The number of nitrogens with two attached hydrogens (primary N) is 1. The van der Waals surface area contributed by atoms with Crippen LogP contribution in [0.2, 0.25) is 0 Å². The third-order valence-corrected chi connectivity index (χ3v) is 7.77. The average Bonchev–Trinajstić information content (AvgIpc) is 3.37. The van der Waals surface area contributed by atoms with Gasteiger partial charge in [-0.3, -0.25) is 9.59 Å². The van der Waals surface area contributed by atoms with Crippen LogP contribution in [0.4, 0.5) is 0 Å². The molecule has 1 aliphatic rings. The summed E-state index contributed by atoms with van der Waals surface area (Å²) in [6.45, 7) is 4.50. The second-order valence-electron chi connectivity index (χ2n) is 9.95. The van der Waals surface area contributed by atoms with Crippen LogP contribution in [0.25, 0.3) is 0 Å². The lowest BCUT2D eigenvalue weighted by Gasteiger charge is -2.37. The first kappa shape index (κ1) is 25.6.